The Labute approximate surface area is 258 Å². The molecule has 8 heteroatoms. The van der Waals surface area contributed by atoms with E-state index in [-0.39, 0.29) is 24.8 Å². The highest BCUT2D eigenvalue weighted by atomic mass is 16.5. The van der Waals surface area contributed by atoms with Crippen molar-refractivity contribution < 1.29 is 19.1 Å². The molecule has 2 aliphatic heterocycles. The summed E-state index contributed by atoms with van der Waals surface area (Å²) in [5.74, 6) is -0.518. The highest BCUT2D eigenvalue weighted by Crippen LogP contribution is 2.37. The van der Waals surface area contributed by atoms with E-state index in [1.165, 1.54) is 30.9 Å². The minimum Gasteiger partial charge on any atom is -0.469 e. The largest absolute Gasteiger partial charge is 0.469 e. The van der Waals surface area contributed by atoms with Gasteiger partial charge in [-0.1, -0.05) is 13.8 Å². The van der Waals surface area contributed by atoms with Crippen molar-refractivity contribution in [1.82, 2.24) is 19.9 Å². The molecule has 0 aliphatic carbocycles. The monoisotopic (exact) mass is 594 g/mol. The van der Waals surface area contributed by atoms with Gasteiger partial charge in [0.2, 0.25) is 0 Å². The Morgan fingerprint density at radius 3 is 1.70 bits per heavy atom. The molecule has 8 bridgehead atoms. The van der Waals surface area contributed by atoms with Crippen molar-refractivity contribution >= 4 is 56.3 Å². The van der Waals surface area contributed by atoms with Crippen LogP contribution in [0.15, 0.2) is 24.3 Å². The molecule has 0 aromatic carbocycles. The summed E-state index contributed by atoms with van der Waals surface area (Å²) >= 11 is 0. The van der Waals surface area contributed by atoms with Gasteiger partial charge in [0.25, 0.3) is 0 Å². The topological polar surface area (TPSA) is 110 Å². The number of nitrogens with one attached hydrogen (secondary N) is 2. The van der Waals surface area contributed by atoms with E-state index in [1.807, 2.05) is 6.07 Å². The first kappa shape index (κ1) is 31.0. The van der Waals surface area contributed by atoms with Gasteiger partial charge in [-0.05, 0) is 122 Å². The molecular formula is C36H42N4O4. The minimum atomic E-state index is -0.264. The summed E-state index contributed by atoms with van der Waals surface area (Å²) in [6.45, 7) is 12.8. The average Bonchev–Trinajstić information content (AvgIpc) is 3.67. The standard InChI is InChI=1S/C36H42N4O4/c1-9-23-19(3)27-15-28-21(5)25(11-13-35(41)43-7)33(39-28)18-34-26(12-14-36(42)44-8)22(6)30(40-34)17-32-24(10-2)20(4)29(38-32)16-31(23)37-27/h15-18,38,40H,9-14H2,1-8H3. The van der Waals surface area contributed by atoms with Crippen molar-refractivity contribution in [3.05, 3.63) is 69.3 Å². The molecule has 5 heterocycles. The number of ether oxygens (including phenoxy) is 2. The Bertz CT molecular complexity index is 1890. The lowest BCUT2D eigenvalue weighted by molar-refractivity contribution is -0.141. The van der Waals surface area contributed by atoms with Crippen LogP contribution in [0.5, 0.6) is 0 Å². The number of H-pyrrole nitrogens is 2. The number of carbonyl (C=O) groups is 2. The lowest BCUT2D eigenvalue weighted by Crippen LogP contribution is -2.02. The maximum absolute atomic E-state index is 12.2. The Kier molecular flexibility index (Phi) is 8.90. The lowest BCUT2D eigenvalue weighted by atomic mass is 9.99. The molecule has 0 unspecified atom stereocenters. The van der Waals surface area contributed by atoms with Gasteiger partial charge in [0.1, 0.15) is 0 Å². The van der Waals surface area contributed by atoms with Crippen LogP contribution in [0, 0.1) is 13.8 Å². The summed E-state index contributed by atoms with van der Waals surface area (Å²) in [6.07, 6.45) is 3.29. The number of aromatic amines is 2. The van der Waals surface area contributed by atoms with Crippen LogP contribution in [-0.2, 0) is 31.9 Å². The first-order valence-electron chi connectivity index (χ1n) is 15.4. The van der Waals surface area contributed by atoms with Gasteiger partial charge < -0.3 is 19.4 Å². The predicted molar refractivity (Wildman–Crippen MR) is 177 cm³/mol. The first-order chi connectivity index (χ1) is 21.1. The zero-order chi connectivity index (χ0) is 31.7. The normalized spacial score (nSPS) is 13.1. The average molecular weight is 595 g/mol. The van der Waals surface area contributed by atoms with E-state index in [4.69, 9.17) is 19.4 Å². The van der Waals surface area contributed by atoms with E-state index >= 15 is 0 Å². The molecule has 3 aromatic heterocycles. The Morgan fingerprint density at radius 1 is 0.614 bits per heavy atom. The van der Waals surface area contributed by atoms with Gasteiger partial charge in [0, 0.05) is 34.9 Å². The van der Waals surface area contributed by atoms with Crippen molar-refractivity contribution in [2.24, 2.45) is 0 Å². The van der Waals surface area contributed by atoms with Crippen molar-refractivity contribution in [2.45, 2.75) is 80.1 Å². The number of nitrogens with zero attached hydrogens (tertiary/aromatic N) is 2. The Balaban J connectivity index is 1.89. The van der Waals surface area contributed by atoms with E-state index in [2.05, 4.69) is 69.7 Å². The molecule has 0 fully saturated rings. The quantitative estimate of drug-likeness (QED) is 0.257. The highest BCUT2D eigenvalue weighted by Gasteiger charge is 2.22. The number of hydrogen-bond donors (Lipinski definition) is 2. The van der Waals surface area contributed by atoms with Crippen LogP contribution in [0.3, 0.4) is 0 Å². The second-order valence-electron chi connectivity index (χ2n) is 11.5. The third-order valence-corrected chi connectivity index (χ3v) is 9.12. The molecule has 0 saturated carbocycles. The molecule has 230 valence electrons. The van der Waals surface area contributed by atoms with E-state index < -0.39 is 0 Å². The molecule has 2 aliphatic rings. The number of rotatable bonds is 8. The number of methoxy groups -OCH3 is 2. The second-order valence-corrected chi connectivity index (χ2v) is 11.5. The number of allylic oxidation sites excluding steroid dienone is 4. The van der Waals surface area contributed by atoms with Gasteiger partial charge in [-0.3, -0.25) is 9.59 Å². The zero-order valence-electron chi connectivity index (χ0n) is 27.1. The van der Waals surface area contributed by atoms with Crippen molar-refractivity contribution in [1.29, 1.82) is 0 Å². The van der Waals surface area contributed by atoms with Crippen LogP contribution in [0.2, 0.25) is 0 Å². The Hall–Kier alpha value is -4.46. The molecule has 8 nitrogen and oxygen atoms in total. The number of aryl methyl sites for hydroxylation is 4. The maximum Gasteiger partial charge on any atom is 0.305 e. The molecule has 0 radical (unpaired) electrons. The molecule has 0 atom stereocenters. The van der Waals surface area contributed by atoms with Crippen molar-refractivity contribution in [2.75, 3.05) is 14.2 Å². The van der Waals surface area contributed by atoms with Crippen molar-refractivity contribution in [3.63, 3.8) is 0 Å². The van der Waals surface area contributed by atoms with Crippen molar-refractivity contribution in [3.8, 4) is 0 Å². The van der Waals surface area contributed by atoms with E-state index in [0.717, 1.165) is 85.5 Å². The summed E-state index contributed by atoms with van der Waals surface area (Å²) < 4.78 is 9.92. The van der Waals surface area contributed by atoms with Crippen LogP contribution in [-0.4, -0.2) is 46.1 Å². The van der Waals surface area contributed by atoms with Gasteiger partial charge in [0.15, 0.2) is 0 Å². The molecular weight excluding hydrogens is 552 g/mol. The number of hydrogen-bond acceptors (Lipinski definition) is 6. The number of carbonyl (C=O) groups excluding carboxylic acids is 2. The lowest BCUT2D eigenvalue weighted by Gasteiger charge is -2.04. The molecule has 2 N–H and O–H groups in total. The maximum atomic E-state index is 12.2. The fourth-order valence-corrected chi connectivity index (χ4v) is 6.41. The van der Waals surface area contributed by atoms with Gasteiger partial charge in [-0.15, -0.1) is 0 Å². The van der Waals surface area contributed by atoms with E-state index in [1.54, 1.807) is 0 Å². The molecule has 44 heavy (non-hydrogen) atoms. The fourth-order valence-electron chi connectivity index (χ4n) is 6.41. The summed E-state index contributed by atoms with van der Waals surface area (Å²) in [5.41, 5.74) is 16.4. The van der Waals surface area contributed by atoms with Crippen LogP contribution >= 0.6 is 0 Å². The van der Waals surface area contributed by atoms with Crippen LogP contribution in [0.4, 0.5) is 0 Å². The zero-order valence-corrected chi connectivity index (χ0v) is 27.1. The second kappa shape index (κ2) is 12.6. The summed E-state index contributed by atoms with van der Waals surface area (Å²) in [6, 6.07) is 8.45. The third kappa shape index (κ3) is 5.73. The minimum absolute atomic E-state index is 0.252. The predicted octanol–water partition coefficient (Wildman–Crippen LogP) is 7.82. The Morgan fingerprint density at radius 2 is 1.11 bits per heavy atom. The molecule has 3 aromatic rings. The van der Waals surface area contributed by atoms with Crippen LogP contribution in [0.25, 0.3) is 44.4 Å². The smallest absolute Gasteiger partial charge is 0.305 e. The number of esters is 2. The van der Waals surface area contributed by atoms with Gasteiger partial charge in [-0.2, -0.15) is 0 Å². The summed E-state index contributed by atoms with van der Waals surface area (Å²) in [5, 5.41) is 0. The third-order valence-electron chi connectivity index (χ3n) is 9.12. The highest BCUT2D eigenvalue weighted by molar-refractivity contribution is 5.96. The first-order valence-corrected chi connectivity index (χ1v) is 15.4. The molecule has 5 rings (SSSR count). The number of fused-ring (bicyclic) bond motifs is 8. The van der Waals surface area contributed by atoms with Gasteiger partial charge in [-0.25, -0.2) is 9.97 Å². The molecule has 0 spiro atoms. The van der Waals surface area contributed by atoms with Gasteiger partial charge in [0.05, 0.1) is 37.0 Å². The van der Waals surface area contributed by atoms with Crippen LogP contribution < -0.4 is 0 Å². The fraction of sp³-hybridized carbons (Fsp3) is 0.389. The summed E-state index contributed by atoms with van der Waals surface area (Å²) in [7, 11) is 2.82. The van der Waals surface area contributed by atoms with E-state index in [9.17, 15) is 9.59 Å². The van der Waals surface area contributed by atoms with Gasteiger partial charge >= 0.3 is 11.9 Å². The molecule has 0 amide bonds. The molecule has 0 saturated heterocycles. The SMILES string of the molecule is CCC1=C(C)c2cc3nc(cc4[nH]c(cc5[nH]c(cc1n2)c(C)c5CC)c(C)c4CCC(=O)OC)C(CCC(=O)OC)=C3C. The number of aromatic nitrogens is 4. The van der Waals surface area contributed by atoms with Crippen LogP contribution in [0.1, 0.15) is 98.4 Å². The van der Waals surface area contributed by atoms with E-state index in [0.29, 0.717) is 12.8 Å². The summed E-state index contributed by atoms with van der Waals surface area (Å²) in [4.78, 5) is 41.9.